The molecule has 0 unspecified atom stereocenters. The molecule has 0 saturated heterocycles. The number of hydrogen-bond acceptors (Lipinski definition) is 4. The number of sulfonamides is 1. The molecule has 1 amide bonds. The quantitative estimate of drug-likeness (QED) is 0.312. The van der Waals surface area contributed by atoms with E-state index in [1.807, 2.05) is 30.3 Å². The van der Waals surface area contributed by atoms with Crippen LogP contribution in [0.5, 0.6) is 0 Å². The van der Waals surface area contributed by atoms with Crippen LogP contribution >= 0.6 is 11.6 Å². The Kier molecular flexibility index (Phi) is 5.28. The Morgan fingerprint density at radius 1 is 0.758 bits per heavy atom. The van der Waals surface area contributed by atoms with Gasteiger partial charge in [-0.05, 0) is 48.5 Å². The fraction of sp³-hybridized carbons (Fsp3) is 0. The van der Waals surface area contributed by atoms with Crippen molar-refractivity contribution in [3.8, 4) is 0 Å². The Bertz CT molecular complexity index is 1610. The first-order valence-electron chi connectivity index (χ1n) is 10.0. The van der Waals surface area contributed by atoms with Gasteiger partial charge in [0.2, 0.25) is 0 Å². The molecule has 4 aromatic carbocycles. The molecule has 5 rings (SSSR count). The van der Waals surface area contributed by atoms with Crippen molar-refractivity contribution in [2.45, 2.75) is 4.90 Å². The van der Waals surface area contributed by atoms with Crippen LogP contribution in [-0.2, 0) is 10.0 Å². The van der Waals surface area contributed by atoms with Gasteiger partial charge in [-0.1, -0.05) is 48.0 Å². The molecule has 164 valence electrons. The number of para-hydroxylation sites is 1. The number of hydrogen-bond donors (Lipinski definition) is 2. The normalized spacial score (nSPS) is 11.5. The summed E-state index contributed by atoms with van der Waals surface area (Å²) in [5.41, 5.74) is 2.29. The lowest BCUT2D eigenvalue weighted by atomic mass is 10.1. The fourth-order valence-corrected chi connectivity index (χ4v) is 4.85. The van der Waals surface area contributed by atoms with Gasteiger partial charge in [0.15, 0.2) is 0 Å². The summed E-state index contributed by atoms with van der Waals surface area (Å²) in [5, 5.41) is 4.93. The van der Waals surface area contributed by atoms with Crippen LogP contribution in [0.15, 0.2) is 100 Å². The minimum atomic E-state index is -3.80. The molecule has 0 atom stereocenters. The number of furan rings is 1. The second kappa shape index (κ2) is 8.27. The van der Waals surface area contributed by atoms with E-state index < -0.39 is 15.9 Å². The number of halogens is 1. The van der Waals surface area contributed by atoms with Crippen molar-refractivity contribution in [2.24, 2.45) is 0 Å². The number of nitrogens with one attached hydrogen (secondary N) is 2. The molecule has 0 saturated carbocycles. The number of amides is 1. The number of anilines is 2. The first kappa shape index (κ1) is 21.1. The van der Waals surface area contributed by atoms with E-state index in [4.69, 9.17) is 16.0 Å². The topological polar surface area (TPSA) is 88.4 Å². The van der Waals surface area contributed by atoms with E-state index in [0.29, 0.717) is 11.3 Å². The van der Waals surface area contributed by atoms with Crippen LogP contribution in [0.3, 0.4) is 0 Å². The number of carbonyl (C=O) groups excluding carboxylic acids is 1. The zero-order chi connectivity index (χ0) is 23.0. The highest BCUT2D eigenvalue weighted by Gasteiger charge is 2.17. The Labute approximate surface area is 194 Å². The van der Waals surface area contributed by atoms with Crippen molar-refractivity contribution in [3.63, 3.8) is 0 Å². The van der Waals surface area contributed by atoms with Crippen molar-refractivity contribution >= 4 is 60.8 Å². The lowest BCUT2D eigenvalue weighted by Crippen LogP contribution is -2.15. The standard InChI is InChI=1S/C25H17ClN2O4S/c26-22-13-11-17(28-33(30,31)18-6-2-1-3-7-18)14-21(22)25(29)27-16-10-12-20-19-8-4-5-9-23(19)32-24(20)15-16/h1-15,28H,(H,27,29). The number of fused-ring (bicyclic) bond motifs is 3. The Balaban J connectivity index is 1.41. The summed E-state index contributed by atoms with van der Waals surface area (Å²) in [5.74, 6) is -0.476. The van der Waals surface area contributed by atoms with Gasteiger partial charge in [-0.25, -0.2) is 8.42 Å². The molecule has 1 aromatic heterocycles. The first-order chi connectivity index (χ1) is 15.9. The average Bonchev–Trinajstić information content (AvgIpc) is 3.18. The highest BCUT2D eigenvalue weighted by Crippen LogP contribution is 2.31. The van der Waals surface area contributed by atoms with Crippen molar-refractivity contribution in [1.82, 2.24) is 0 Å². The van der Waals surface area contributed by atoms with Crippen molar-refractivity contribution in [2.75, 3.05) is 10.0 Å². The highest BCUT2D eigenvalue weighted by atomic mass is 35.5. The molecular formula is C25H17ClN2O4S. The monoisotopic (exact) mass is 476 g/mol. The second-order valence-electron chi connectivity index (χ2n) is 7.38. The summed E-state index contributed by atoms with van der Waals surface area (Å²) in [6, 6.07) is 25.4. The van der Waals surface area contributed by atoms with E-state index in [-0.39, 0.29) is 21.2 Å². The highest BCUT2D eigenvalue weighted by molar-refractivity contribution is 7.92. The van der Waals surface area contributed by atoms with E-state index >= 15 is 0 Å². The van der Waals surface area contributed by atoms with Crippen LogP contribution in [0.2, 0.25) is 5.02 Å². The van der Waals surface area contributed by atoms with E-state index in [1.165, 1.54) is 30.3 Å². The number of benzene rings is 4. The fourth-order valence-electron chi connectivity index (χ4n) is 3.58. The van der Waals surface area contributed by atoms with E-state index in [2.05, 4.69) is 10.0 Å². The van der Waals surface area contributed by atoms with Crippen LogP contribution < -0.4 is 10.0 Å². The molecule has 0 bridgehead atoms. The van der Waals surface area contributed by atoms with Crippen molar-refractivity contribution < 1.29 is 17.6 Å². The van der Waals surface area contributed by atoms with Crippen LogP contribution in [0.1, 0.15) is 10.4 Å². The predicted molar refractivity (Wildman–Crippen MR) is 130 cm³/mol. The van der Waals surface area contributed by atoms with Crippen LogP contribution in [0.4, 0.5) is 11.4 Å². The summed E-state index contributed by atoms with van der Waals surface area (Å²) in [7, 11) is -3.80. The molecule has 6 nitrogen and oxygen atoms in total. The summed E-state index contributed by atoms with van der Waals surface area (Å²) in [4.78, 5) is 13.0. The minimum Gasteiger partial charge on any atom is -0.456 e. The van der Waals surface area contributed by atoms with E-state index in [1.54, 1.807) is 30.3 Å². The lowest BCUT2D eigenvalue weighted by Gasteiger charge is -2.11. The molecule has 5 aromatic rings. The summed E-state index contributed by atoms with van der Waals surface area (Å²) >= 11 is 6.24. The molecule has 1 heterocycles. The van der Waals surface area contributed by atoms with Gasteiger partial charge in [0, 0.05) is 28.2 Å². The Morgan fingerprint density at radius 2 is 1.45 bits per heavy atom. The maximum atomic E-state index is 12.9. The molecular weight excluding hydrogens is 460 g/mol. The summed E-state index contributed by atoms with van der Waals surface area (Å²) in [6.07, 6.45) is 0. The molecule has 0 fully saturated rings. The van der Waals surface area contributed by atoms with Gasteiger partial charge in [0.05, 0.1) is 15.5 Å². The molecule has 0 aliphatic carbocycles. The molecule has 0 aliphatic rings. The Morgan fingerprint density at radius 3 is 2.27 bits per heavy atom. The molecule has 0 spiro atoms. The number of rotatable bonds is 5. The SMILES string of the molecule is O=C(Nc1ccc2c(c1)oc1ccccc12)c1cc(NS(=O)(=O)c2ccccc2)ccc1Cl. The van der Waals surface area contributed by atoms with Gasteiger partial charge in [0.25, 0.3) is 15.9 Å². The smallest absolute Gasteiger partial charge is 0.261 e. The van der Waals surface area contributed by atoms with Crippen molar-refractivity contribution in [1.29, 1.82) is 0 Å². The largest absolute Gasteiger partial charge is 0.456 e. The molecule has 2 N–H and O–H groups in total. The molecule has 0 aliphatic heterocycles. The third-order valence-electron chi connectivity index (χ3n) is 5.15. The summed E-state index contributed by atoms with van der Waals surface area (Å²) in [6.45, 7) is 0. The predicted octanol–water partition coefficient (Wildman–Crippen LogP) is 6.29. The molecule has 33 heavy (non-hydrogen) atoms. The minimum absolute atomic E-state index is 0.116. The van der Waals surface area contributed by atoms with Crippen LogP contribution in [0, 0.1) is 0 Å². The maximum Gasteiger partial charge on any atom is 0.261 e. The van der Waals surface area contributed by atoms with Crippen molar-refractivity contribution in [3.05, 3.63) is 102 Å². The third kappa shape index (κ3) is 4.16. The first-order valence-corrected chi connectivity index (χ1v) is 11.9. The maximum absolute atomic E-state index is 12.9. The zero-order valence-electron chi connectivity index (χ0n) is 17.1. The Hall–Kier alpha value is -3.81. The van der Waals surface area contributed by atoms with Crippen LogP contribution in [-0.4, -0.2) is 14.3 Å². The van der Waals surface area contributed by atoms with E-state index in [0.717, 1.165) is 16.4 Å². The van der Waals surface area contributed by atoms with Crippen LogP contribution in [0.25, 0.3) is 21.9 Å². The average molecular weight is 477 g/mol. The van der Waals surface area contributed by atoms with Gasteiger partial charge < -0.3 is 9.73 Å². The second-order valence-corrected chi connectivity index (χ2v) is 9.47. The number of carbonyl (C=O) groups is 1. The molecule has 8 heteroatoms. The lowest BCUT2D eigenvalue weighted by molar-refractivity contribution is 0.102. The third-order valence-corrected chi connectivity index (χ3v) is 6.88. The van der Waals surface area contributed by atoms with E-state index in [9.17, 15) is 13.2 Å². The van der Waals surface area contributed by atoms with Gasteiger partial charge in [-0.3, -0.25) is 9.52 Å². The van der Waals surface area contributed by atoms with Gasteiger partial charge in [0.1, 0.15) is 11.2 Å². The summed E-state index contributed by atoms with van der Waals surface area (Å²) < 4.78 is 33.5. The van der Waals surface area contributed by atoms with Gasteiger partial charge in [-0.2, -0.15) is 0 Å². The zero-order valence-corrected chi connectivity index (χ0v) is 18.7. The van der Waals surface area contributed by atoms with Gasteiger partial charge >= 0.3 is 0 Å². The van der Waals surface area contributed by atoms with Gasteiger partial charge in [-0.15, -0.1) is 0 Å². The molecule has 0 radical (unpaired) electrons.